The Bertz CT molecular complexity index is 293. The van der Waals surface area contributed by atoms with Crippen molar-refractivity contribution in [1.82, 2.24) is 0 Å². The van der Waals surface area contributed by atoms with Gasteiger partial charge < -0.3 is 4.74 Å². The Labute approximate surface area is 92.6 Å². The van der Waals surface area contributed by atoms with Crippen LogP contribution in [0.4, 0.5) is 4.39 Å². The second-order valence-electron chi connectivity index (χ2n) is 2.70. The van der Waals surface area contributed by atoms with E-state index in [-0.39, 0.29) is 17.4 Å². The summed E-state index contributed by atoms with van der Waals surface area (Å²) in [4.78, 5) is 0. The van der Waals surface area contributed by atoms with Crippen molar-refractivity contribution in [3.63, 3.8) is 0 Å². The Morgan fingerprint density at radius 1 is 1.50 bits per heavy atom. The number of rotatable bonds is 5. The first-order valence-electron chi connectivity index (χ1n) is 4.24. The van der Waals surface area contributed by atoms with E-state index >= 15 is 0 Å². The molecular weight excluding hydrogens is 223 g/mol. The van der Waals surface area contributed by atoms with Gasteiger partial charge in [0.2, 0.25) is 0 Å². The zero-order chi connectivity index (χ0) is 10.4. The molecule has 0 unspecified atom stereocenters. The molecule has 1 nitrogen and oxygen atoms in total. The maximum absolute atomic E-state index is 13.3. The summed E-state index contributed by atoms with van der Waals surface area (Å²) in [5, 5.41) is 0. The van der Waals surface area contributed by atoms with Crippen LogP contribution in [0.3, 0.4) is 0 Å². The van der Waals surface area contributed by atoms with Gasteiger partial charge in [-0.1, -0.05) is 12.1 Å². The molecule has 0 aromatic heterocycles. The standard InChI is InChI=1S/C10H12ClFOS/c1-14-6-5-13-10-8(7-11)3-2-4-9(10)12/h2-4H,5-7H2,1H3. The first-order valence-corrected chi connectivity index (χ1v) is 6.17. The smallest absolute Gasteiger partial charge is 0.165 e. The Morgan fingerprint density at radius 2 is 2.29 bits per heavy atom. The molecule has 0 spiro atoms. The van der Waals surface area contributed by atoms with Crippen molar-refractivity contribution < 1.29 is 9.13 Å². The number of hydrogen-bond donors (Lipinski definition) is 0. The topological polar surface area (TPSA) is 9.23 Å². The second kappa shape index (κ2) is 6.14. The summed E-state index contributed by atoms with van der Waals surface area (Å²) in [5.41, 5.74) is 0.702. The normalized spacial score (nSPS) is 10.2. The minimum atomic E-state index is -0.343. The van der Waals surface area contributed by atoms with Gasteiger partial charge in [-0.05, 0) is 12.3 Å². The van der Waals surface area contributed by atoms with Crippen molar-refractivity contribution in [3.8, 4) is 5.75 Å². The first-order chi connectivity index (χ1) is 6.79. The fourth-order valence-electron chi connectivity index (χ4n) is 1.05. The molecule has 1 aromatic rings. The van der Waals surface area contributed by atoms with Crippen LogP contribution in [-0.2, 0) is 5.88 Å². The van der Waals surface area contributed by atoms with Crippen LogP contribution in [0.15, 0.2) is 18.2 Å². The lowest BCUT2D eigenvalue weighted by Gasteiger charge is -2.09. The molecule has 0 aliphatic heterocycles. The summed E-state index contributed by atoms with van der Waals surface area (Å²) in [7, 11) is 0. The molecule has 0 N–H and O–H groups in total. The highest BCUT2D eigenvalue weighted by molar-refractivity contribution is 7.98. The number of ether oxygens (including phenoxy) is 1. The molecule has 0 heterocycles. The minimum Gasteiger partial charge on any atom is -0.489 e. The first kappa shape index (κ1) is 11.7. The quantitative estimate of drug-likeness (QED) is 0.571. The predicted molar refractivity (Wildman–Crippen MR) is 59.8 cm³/mol. The lowest BCUT2D eigenvalue weighted by molar-refractivity contribution is 0.322. The second-order valence-corrected chi connectivity index (χ2v) is 3.96. The molecule has 78 valence electrons. The van der Waals surface area contributed by atoms with E-state index in [0.717, 1.165) is 5.75 Å². The number of thioether (sulfide) groups is 1. The summed E-state index contributed by atoms with van der Waals surface area (Å²) >= 11 is 7.32. The third-order valence-electron chi connectivity index (χ3n) is 1.73. The van der Waals surface area contributed by atoms with Crippen molar-refractivity contribution in [3.05, 3.63) is 29.6 Å². The van der Waals surface area contributed by atoms with Crippen LogP contribution >= 0.6 is 23.4 Å². The van der Waals surface area contributed by atoms with Crippen LogP contribution in [0.2, 0.25) is 0 Å². The van der Waals surface area contributed by atoms with E-state index in [9.17, 15) is 4.39 Å². The molecule has 0 aliphatic rings. The van der Waals surface area contributed by atoms with Crippen molar-refractivity contribution in [2.24, 2.45) is 0 Å². The highest BCUT2D eigenvalue weighted by Crippen LogP contribution is 2.24. The molecule has 14 heavy (non-hydrogen) atoms. The van der Waals surface area contributed by atoms with Crippen LogP contribution < -0.4 is 4.74 Å². The Balaban J connectivity index is 2.72. The molecule has 0 saturated heterocycles. The van der Waals surface area contributed by atoms with Gasteiger partial charge in [0.15, 0.2) is 11.6 Å². The van der Waals surface area contributed by atoms with Crippen molar-refractivity contribution in [2.75, 3.05) is 18.6 Å². The van der Waals surface area contributed by atoms with Gasteiger partial charge in [0.25, 0.3) is 0 Å². The molecule has 0 atom stereocenters. The van der Waals surface area contributed by atoms with E-state index in [0.29, 0.717) is 12.2 Å². The van der Waals surface area contributed by atoms with E-state index in [1.165, 1.54) is 6.07 Å². The molecule has 0 amide bonds. The van der Waals surface area contributed by atoms with Crippen molar-refractivity contribution in [2.45, 2.75) is 5.88 Å². The lowest BCUT2D eigenvalue weighted by Crippen LogP contribution is -2.03. The lowest BCUT2D eigenvalue weighted by atomic mass is 10.2. The summed E-state index contributed by atoms with van der Waals surface area (Å²) in [5.74, 6) is 1.06. The van der Waals surface area contributed by atoms with Crippen LogP contribution in [-0.4, -0.2) is 18.6 Å². The zero-order valence-electron chi connectivity index (χ0n) is 7.93. The fraction of sp³-hybridized carbons (Fsp3) is 0.400. The maximum Gasteiger partial charge on any atom is 0.165 e. The SMILES string of the molecule is CSCCOc1c(F)cccc1CCl. The van der Waals surface area contributed by atoms with Gasteiger partial charge in [-0.15, -0.1) is 11.6 Å². The molecular formula is C10H12ClFOS. The number of para-hydroxylation sites is 1. The molecule has 1 rings (SSSR count). The molecule has 1 aromatic carbocycles. The van der Waals surface area contributed by atoms with Crippen LogP contribution in [0, 0.1) is 5.82 Å². The van der Waals surface area contributed by atoms with Gasteiger partial charge in [-0.25, -0.2) is 4.39 Å². The molecule has 0 aliphatic carbocycles. The Hall–Kier alpha value is -0.410. The number of alkyl halides is 1. The summed E-state index contributed by atoms with van der Waals surface area (Å²) in [6, 6.07) is 4.78. The minimum absolute atomic E-state index is 0.270. The van der Waals surface area contributed by atoms with E-state index in [1.54, 1.807) is 23.9 Å². The predicted octanol–water partition coefficient (Wildman–Crippen LogP) is 3.31. The third-order valence-corrected chi connectivity index (χ3v) is 2.59. The highest BCUT2D eigenvalue weighted by Gasteiger charge is 2.08. The molecule has 4 heteroatoms. The summed E-state index contributed by atoms with van der Waals surface area (Å²) in [6.07, 6.45) is 1.98. The van der Waals surface area contributed by atoms with Crippen molar-refractivity contribution >= 4 is 23.4 Å². The molecule has 0 bridgehead atoms. The van der Waals surface area contributed by atoms with Crippen LogP contribution in [0.25, 0.3) is 0 Å². The average Bonchev–Trinajstić information content (AvgIpc) is 2.20. The number of benzene rings is 1. The Morgan fingerprint density at radius 3 is 2.93 bits per heavy atom. The van der Waals surface area contributed by atoms with E-state index in [4.69, 9.17) is 16.3 Å². The van der Waals surface area contributed by atoms with Gasteiger partial charge in [-0.3, -0.25) is 0 Å². The number of halogens is 2. The van der Waals surface area contributed by atoms with Gasteiger partial charge in [-0.2, -0.15) is 11.8 Å². The third kappa shape index (κ3) is 3.07. The van der Waals surface area contributed by atoms with Gasteiger partial charge in [0.05, 0.1) is 12.5 Å². The van der Waals surface area contributed by atoms with E-state index in [1.807, 2.05) is 6.26 Å². The summed E-state index contributed by atoms with van der Waals surface area (Å²) < 4.78 is 18.6. The van der Waals surface area contributed by atoms with Gasteiger partial charge >= 0.3 is 0 Å². The molecule has 0 fully saturated rings. The van der Waals surface area contributed by atoms with Crippen LogP contribution in [0.1, 0.15) is 5.56 Å². The highest BCUT2D eigenvalue weighted by atomic mass is 35.5. The average molecular weight is 235 g/mol. The molecule has 0 saturated carbocycles. The number of hydrogen-bond acceptors (Lipinski definition) is 2. The fourth-order valence-corrected chi connectivity index (χ4v) is 1.51. The Kier molecular flexibility index (Phi) is 5.12. The monoisotopic (exact) mass is 234 g/mol. The van der Waals surface area contributed by atoms with E-state index < -0.39 is 0 Å². The zero-order valence-corrected chi connectivity index (χ0v) is 9.50. The maximum atomic E-state index is 13.3. The largest absolute Gasteiger partial charge is 0.489 e. The van der Waals surface area contributed by atoms with Gasteiger partial charge in [0.1, 0.15) is 0 Å². The van der Waals surface area contributed by atoms with Crippen LogP contribution in [0.5, 0.6) is 5.75 Å². The van der Waals surface area contributed by atoms with Crippen molar-refractivity contribution in [1.29, 1.82) is 0 Å². The van der Waals surface area contributed by atoms with E-state index in [2.05, 4.69) is 0 Å². The summed E-state index contributed by atoms with van der Waals surface area (Å²) in [6.45, 7) is 0.506. The molecule has 0 radical (unpaired) electrons. The van der Waals surface area contributed by atoms with Gasteiger partial charge in [0, 0.05) is 11.3 Å².